The maximum atomic E-state index is 4.29. The summed E-state index contributed by atoms with van der Waals surface area (Å²) in [7, 11) is 0. The Bertz CT molecular complexity index is 331. The number of hydrogen-bond donors (Lipinski definition) is 0. The topological polar surface area (TPSA) is 12.4 Å². The summed E-state index contributed by atoms with van der Waals surface area (Å²) in [6, 6.07) is 8.14. The molecule has 1 aromatic carbocycles. The van der Waals surface area contributed by atoms with Gasteiger partial charge >= 0.3 is 0 Å². The van der Waals surface area contributed by atoms with Gasteiger partial charge in [0.1, 0.15) is 0 Å². The Hall–Kier alpha value is -1.37. The molecule has 0 heterocycles. The average molecular weight is 173 g/mol. The van der Waals surface area contributed by atoms with E-state index in [9.17, 15) is 0 Å². The van der Waals surface area contributed by atoms with Crippen LogP contribution >= 0.6 is 0 Å². The third kappa shape index (κ3) is 2.86. The molecule has 1 heteroatoms. The molecule has 0 aliphatic rings. The summed E-state index contributed by atoms with van der Waals surface area (Å²) in [5.74, 6) is 0. The van der Waals surface area contributed by atoms with Crippen LogP contribution in [-0.2, 0) is 0 Å². The molecule has 13 heavy (non-hydrogen) atoms. The average Bonchev–Trinajstić information content (AvgIpc) is 2.08. The van der Waals surface area contributed by atoms with Gasteiger partial charge in [-0.3, -0.25) is 4.99 Å². The molecule has 0 radical (unpaired) electrons. The van der Waals surface area contributed by atoms with E-state index >= 15 is 0 Å². The van der Waals surface area contributed by atoms with Crippen molar-refractivity contribution in [2.24, 2.45) is 4.99 Å². The fourth-order valence-electron chi connectivity index (χ4n) is 1.18. The van der Waals surface area contributed by atoms with Gasteiger partial charge in [-0.1, -0.05) is 29.8 Å². The highest BCUT2D eigenvalue weighted by atomic mass is 14.7. The molecule has 0 bridgehead atoms. The summed E-state index contributed by atoms with van der Waals surface area (Å²) >= 11 is 0. The van der Waals surface area contributed by atoms with Gasteiger partial charge in [0.2, 0.25) is 0 Å². The SMILES string of the molecule is CC=Nc1ccccc1C=C(C)C. The first-order valence-electron chi connectivity index (χ1n) is 4.46. The molecule has 0 spiro atoms. The minimum atomic E-state index is 1.03. The first-order valence-corrected chi connectivity index (χ1v) is 4.46. The van der Waals surface area contributed by atoms with Crippen LogP contribution in [0.25, 0.3) is 6.08 Å². The van der Waals surface area contributed by atoms with Gasteiger partial charge < -0.3 is 0 Å². The van der Waals surface area contributed by atoms with Gasteiger partial charge in [0.25, 0.3) is 0 Å². The van der Waals surface area contributed by atoms with E-state index in [0.717, 1.165) is 5.69 Å². The quantitative estimate of drug-likeness (QED) is 0.603. The Kier molecular flexibility index (Phi) is 3.44. The summed E-state index contributed by atoms with van der Waals surface area (Å²) in [4.78, 5) is 4.29. The van der Waals surface area contributed by atoms with Crippen molar-refractivity contribution in [1.82, 2.24) is 0 Å². The number of rotatable bonds is 2. The summed E-state index contributed by atoms with van der Waals surface area (Å²) in [5.41, 5.74) is 3.51. The molecule has 0 aliphatic heterocycles. The zero-order valence-electron chi connectivity index (χ0n) is 8.41. The van der Waals surface area contributed by atoms with Gasteiger partial charge in [-0.05, 0) is 26.8 Å². The Labute approximate surface area is 79.8 Å². The molecule has 0 amide bonds. The molecule has 0 aliphatic carbocycles. The summed E-state index contributed by atoms with van der Waals surface area (Å²) in [5, 5.41) is 0. The summed E-state index contributed by atoms with van der Waals surface area (Å²) in [6.45, 7) is 6.11. The lowest BCUT2D eigenvalue weighted by Crippen LogP contribution is -1.75. The van der Waals surface area contributed by atoms with Crippen LogP contribution in [0, 0.1) is 0 Å². The first kappa shape index (κ1) is 9.72. The molecular formula is C12H15N. The smallest absolute Gasteiger partial charge is 0.0697 e. The van der Waals surface area contributed by atoms with Crippen LogP contribution in [-0.4, -0.2) is 6.21 Å². The summed E-state index contributed by atoms with van der Waals surface area (Å²) in [6.07, 6.45) is 3.96. The molecular weight excluding hydrogens is 158 g/mol. The maximum absolute atomic E-state index is 4.29. The molecule has 0 atom stereocenters. The Balaban J connectivity index is 3.12. The van der Waals surface area contributed by atoms with Crippen LogP contribution in [0.1, 0.15) is 26.3 Å². The van der Waals surface area contributed by atoms with Crippen molar-refractivity contribution in [2.75, 3.05) is 0 Å². The second kappa shape index (κ2) is 4.61. The third-order valence-corrected chi connectivity index (χ3v) is 1.65. The van der Waals surface area contributed by atoms with Crippen molar-refractivity contribution in [3.05, 3.63) is 35.4 Å². The molecule has 1 rings (SSSR count). The largest absolute Gasteiger partial charge is 0.261 e. The van der Waals surface area contributed by atoms with Gasteiger partial charge in [0.15, 0.2) is 0 Å². The number of nitrogens with zero attached hydrogens (tertiary/aromatic N) is 1. The van der Waals surface area contributed by atoms with Crippen LogP contribution in [0.3, 0.4) is 0 Å². The van der Waals surface area contributed by atoms with Crippen molar-refractivity contribution in [3.8, 4) is 0 Å². The first-order chi connectivity index (χ1) is 6.24. The Morgan fingerprint density at radius 2 is 1.92 bits per heavy atom. The lowest BCUT2D eigenvalue weighted by Gasteiger charge is -1.99. The molecule has 1 aromatic rings. The number of benzene rings is 1. The number of hydrogen-bond acceptors (Lipinski definition) is 1. The highest BCUT2D eigenvalue weighted by Crippen LogP contribution is 2.20. The van der Waals surface area contributed by atoms with E-state index in [-0.39, 0.29) is 0 Å². The van der Waals surface area contributed by atoms with Crippen LogP contribution in [0.2, 0.25) is 0 Å². The predicted octanol–water partition coefficient (Wildman–Crippen LogP) is 3.83. The van der Waals surface area contributed by atoms with Gasteiger partial charge in [0, 0.05) is 11.8 Å². The third-order valence-electron chi connectivity index (χ3n) is 1.65. The number of para-hydroxylation sites is 1. The second-order valence-electron chi connectivity index (χ2n) is 3.17. The van der Waals surface area contributed by atoms with Crippen LogP contribution in [0.5, 0.6) is 0 Å². The maximum Gasteiger partial charge on any atom is 0.0697 e. The molecule has 0 aromatic heterocycles. The molecule has 68 valence electrons. The zero-order chi connectivity index (χ0) is 9.68. The van der Waals surface area contributed by atoms with E-state index in [4.69, 9.17) is 0 Å². The lowest BCUT2D eigenvalue weighted by molar-refractivity contribution is 1.41. The number of aliphatic imine (C=N–C) groups is 1. The Morgan fingerprint density at radius 1 is 1.23 bits per heavy atom. The fraction of sp³-hybridized carbons (Fsp3) is 0.250. The lowest BCUT2D eigenvalue weighted by atomic mass is 10.1. The van der Waals surface area contributed by atoms with Crippen molar-refractivity contribution >= 4 is 18.0 Å². The van der Waals surface area contributed by atoms with E-state index in [1.165, 1.54) is 11.1 Å². The molecule has 1 nitrogen and oxygen atoms in total. The van der Waals surface area contributed by atoms with Crippen LogP contribution in [0.15, 0.2) is 34.8 Å². The van der Waals surface area contributed by atoms with Crippen LogP contribution in [0.4, 0.5) is 5.69 Å². The van der Waals surface area contributed by atoms with E-state index in [1.54, 1.807) is 0 Å². The minimum absolute atomic E-state index is 1.03. The van der Waals surface area contributed by atoms with Crippen molar-refractivity contribution in [2.45, 2.75) is 20.8 Å². The second-order valence-corrected chi connectivity index (χ2v) is 3.17. The highest BCUT2D eigenvalue weighted by Gasteiger charge is 1.94. The van der Waals surface area contributed by atoms with E-state index in [1.807, 2.05) is 31.3 Å². The predicted molar refractivity (Wildman–Crippen MR) is 59.6 cm³/mol. The standard InChI is InChI=1S/C12H15N/c1-4-13-12-8-6-5-7-11(12)9-10(2)3/h4-9H,1-3H3. The van der Waals surface area contributed by atoms with E-state index in [2.05, 4.69) is 31.0 Å². The zero-order valence-corrected chi connectivity index (χ0v) is 8.41. The summed E-state index contributed by atoms with van der Waals surface area (Å²) < 4.78 is 0. The normalized spacial score (nSPS) is 10.4. The molecule has 0 fully saturated rings. The fourth-order valence-corrected chi connectivity index (χ4v) is 1.18. The molecule has 0 saturated carbocycles. The van der Waals surface area contributed by atoms with Crippen molar-refractivity contribution in [3.63, 3.8) is 0 Å². The van der Waals surface area contributed by atoms with Crippen molar-refractivity contribution < 1.29 is 0 Å². The monoisotopic (exact) mass is 173 g/mol. The van der Waals surface area contributed by atoms with Crippen molar-refractivity contribution in [1.29, 1.82) is 0 Å². The molecule has 0 unspecified atom stereocenters. The van der Waals surface area contributed by atoms with Crippen LogP contribution < -0.4 is 0 Å². The minimum Gasteiger partial charge on any atom is -0.261 e. The molecule has 0 N–H and O–H groups in total. The van der Waals surface area contributed by atoms with E-state index < -0.39 is 0 Å². The van der Waals surface area contributed by atoms with Gasteiger partial charge in [-0.15, -0.1) is 0 Å². The van der Waals surface area contributed by atoms with Gasteiger partial charge in [0.05, 0.1) is 5.69 Å². The van der Waals surface area contributed by atoms with Gasteiger partial charge in [-0.25, -0.2) is 0 Å². The van der Waals surface area contributed by atoms with Gasteiger partial charge in [-0.2, -0.15) is 0 Å². The Morgan fingerprint density at radius 3 is 2.54 bits per heavy atom. The van der Waals surface area contributed by atoms with E-state index in [0.29, 0.717) is 0 Å². The highest BCUT2D eigenvalue weighted by molar-refractivity contribution is 5.70. The number of allylic oxidation sites excluding steroid dienone is 1. The molecule has 0 saturated heterocycles.